The molecule has 0 unspecified atom stereocenters. The molecule has 0 bridgehead atoms. The van der Waals surface area contributed by atoms with Crippen molar-refractivity contribution in [2.45, 2.75) is 13.8 Å². The summed E-state index contributed by atoms with van der Waals surface area (Å²) in [7, 11) is 0. The Morgan fingerprint density at radius 3 is 2.29 bits per heavy atom. The predicted octanol–water partition coefficient (Wildman–Crippen LogP) is 3.92. The Bertz CT molecular complexity index is 787. The summed E-state index contributed by atoms with van der Waals surface area (Å²) in [6, 6.07) is 10.4. The zero-order valence-corrected chi connectivity index (χ0v) is 12.7. The molecule has 0 fully saturated rings. The molecular formula is C20H21N. The SMILES string of the molecule is C=C/C=c1\c(=C/C)c(C=C)c(/C=C\C)n1-c1ccccc1. The quantitative estimate of drug-likeness (QED) is 0.797. The second kappa shape index (κ2) is 6.76. The summed E-state index contributed by atoms with van der Waals surface area (Å²) in [6.07, 6.45) is 12.1. The van der Waals surface area contributed by atoms with Crippen molar-refractivity contribution in [3.05, 3.63) is 77.5 Å². The van der Waals surface area contributed by atoms with Crippen LogP contribution in [0.4, 0.5) is 0 Å². The molecule has 0 saturated heterocycles. The number of para-hydroxylation sites is 1. The maximum atomic E-state index is 3.98. The molecule has 1 heteroatoms. The molecule has 1 aromatic heterocycles. The molecule has 21 heavy (non-hydrogen) atoms. The summed E-state index contributed by atoms with van der Waals surface area (Å²) in [4.78, 5) is 0. The zero-order valence-electron chi connectivity index (χ0n) is 12.7. The fraction of sp³-hybridized carbons (Fsp3) is 0.100. The van der Waals surface area contributed by atoms with E-state index in [0.29, 0.717) is 0 Å². The molecule has 0 atom stereocenters. The van der Waals surface area contributed by atoms with Gasteiger partial charge in [0, 0.05) is 16.5 Å². The maximum absolute atomic E-state index is 3.98. The number of aromatic nitrogens is 1. The second-order valence-corrected chi connectivity index (χ2v) is 4.66. The van der Waals surface area contributed by atoms with Crippen molar-refractivity contribution in [1.82, 2.24) is 4.57 Å². The molecule has 1 heterocycles. The smallest absolute Gasteiger partial charge is 0.0537 e. The Morgan fingerprint density at radius 2 is 1.76 bits per heavy atom. The van der Waals surface area contributed by atoms with E-state index in [1.54, 1.807) is 0 Å². The average Bonchev–Trinajstić information content (AvgIpc) is 2.81. The van der Waals surface area contributed by atoms with E-state index < -0.39 is 0 Å². The van der Waals surface area contributed by atoms with Crippen LogP contribution in [0.25, 0.3) is 30.0 Å². The molecule has 0 aliphatic carbocycles. The van der Waals surface area contributed by atoms with Gasteiger partial charge in [-0.3, -0.25) is 0 Å². The van der Waals surface area contributed by atoms with Crippen LogP contribution >= 0.6 is 0 Å². The van der Waals surface area contributed by atoms with Gasteiger partial charge in [-0.25, -0.2) is 0 Å². The average molecular weight is 275 g/mol. The van der Waals surface area contributed by atoms with Crippen molar-refractivity contribution in [2.75, 3.05) is 0 Å². The topological polar surface area (TPSA) is 4.93 Å². The van der Waals surface area contributed by atoms with Crippen molar-refractivity contribution in [3.8, 4) is 5.69 Å². The number of hydrogen-bond donors (Lipinski definition) is 0. The zero-order chi connectivity index (χ0) is 15.2. The molecule has 2 aromatic rings. The summed E-state index contributed by atoms with van der Waals surface area (Å²) < 4.78 is 2.24. The van der Waals surface area contributed by atoms with Crippen molar-refractivity contribution in [2.24, 2.45) is 0 Å². The maximum Gasteiger partial charge on any atom is 0.0537 e. The largest absolute Gasteiger partial charge is 0.309 e. The van der Waals surface area contributed by atoms with E-state index in [2.05, 4.69) is 67.1 Å². The highest BCUT2D eigenvalue weighted by atomic mass is 15.0. The fourth-order valence-electron chi connectivity index (χ4n) is 2.62. The van der Waals surface area contributed by atoms with Crippen LogP contribution in [0.2, 0.25) is 0 Å². The Hall–Kier alpha value is -2.54. The lowest BCUT2D eigenvalue weighted by Gasteiger charge is -2.08. The van der Waals surface area contributed by atoms with Crippen molar-refractivity contribution in [3.63, 3.8) is 0 Å². The van der Waals surface area contributed by atoms with Crippen molar-refractivity contribution >= 4 is 24.3 Å². The Kier molecular flexibility index (Phi) is 4.78. The van der Waals surface area contributed by atoms with Gasteiger partial charge in [-0.15, -0.1) is 0 Å². The monoisotopic (exact) mass is 275 g/mol. The first-order valence-corrected chi connectivity index (χ1v) is 7.12. The number of nitrogens with zero attached hydrogens (tertiary/aromatic N) is 1. The highest BCUT2D eigenvalue weighted by Gasteiger charge is 2.11. The lowest BCUT2D eigenvalue weighted by Crippen LogP contribution is -2.28. The number of hydrogen-bond acceptors (Lipinski definition) is 0. The fourth-order valence-corrected chi connectivity index (χ4v) is 2.62. The Morgan fingerprint density at radius 1 is 1.05 bits per heavy atom. The molecule has 0 N–H and O–H groups in total. The van der Waals surface area contributed by atoms with E-state index in [0.717, 1.165) is 22.3 Å². The molecule has 2 rings (SSSR count). The van der Waals surface area contributed by atoms with Crippen LogP contribution in [-0.4, -0.2) is 4.57 Å². The van der Waals surface area contributed by atoms with Gasteiger partial charge in [-0.1, -0.05) is 55.7 Å². The molecule has 1 nitrogen and oxygen atoms in total. The van der Waals surface area contributed by atoms with Crippen LogP contribution in [-0.2, 0) is 0 Å². The van der Waals surface area contributed by atoms with Crippen LogP contribution < -0.4 is 10.6 Å². The van der Waals surface area contributed by atoms with E-state index in [1.807, 2.05) is 31.2 Å². The molecule has 0 aliphatic rings. The molecule has 106 valence electrons. The van der Waals surface area contributed by atoms with Crippen LogP contribution in [0.15, 0.2) is 55.6 Å². The van der Waals surface area contributed by atoms with E-state index in [-0.39, 0.29) is 0 Å². The van der Waals surface area contributed by atoms with Gasteiger partial charge in [0.2, 0.25) is 0 Å². The molecular weight excluding hydrogens is 254 g/mol. The molecule has 0 saturated carbocycles. The standard InChI is InChI=1S/C20H21N/c1-5-12-19-17(7-3)18(8-4)20(13-6-2)21(19)16-14-10-9-11-15-16/h5-15H,1,4H2,2-3H3/b13-6-,17-7-,19-12+. The molecule has 0 aliphatic heterocycles. The van der Waals surface area contributed by atoms with Crippen LogP contribution in [0.3, 0.4) is 0 Å². The number of benzene rings is 1. The predicted molar refractivity (Wildman–Crippen MR) is 94.6 cm³/mol. The van der Waals surface area contributed by atoms with Gasteiger partial charge in [-0.05, 0) is 38.1 Å². The third-order valence-electron chi connectivity index (χ3n) is 3.43. The first-order chi connectivity index (χ1) is 10.3. The van der Waals surface area contributed by atoms with E-state index in [9.17, 15) is 0 Å². The third-order valence-corrected chi connectivity index (χ3v) is 3.43. The van der Waals surface area contributed by atoms with E-state index >= 15 is 0 Å². The highest BCUT2D eigenvalue weighted by molar-refractivity contribution is 5.67. The van der Waals surface area contributed by atoms with Gasteiger partial charge in [-0.2, -0.15) is 0 Å². The van der Waals surface area contributed by atoms with Gasteiger partial charge < -0.3 is 4.57 Å². The normalized spacial score (nSPS) is 13.0. The van der Waals surface area contributed by atoms with Crippen LogP contribution in [0.1, 0.15) is 25.1 Å². The minimum Gasteiger partial charge on any atom is -0.309 e. The number of rotatable bonds is 4. The van der Waals surface area contributed by atoms with Crippen LogP contribution in [0.5, 0.6) is 0 Å². The summed E-state index contributed by atoms with van der Waals surface area (Å²) in [5, 5.41) is 2.31. The molecule has 1 aromatic carbocycles. The lowest BCUT2D eigenvalue weighted by atomic mass is 10.1. The van der Waals surface area contributed by atoms with Gasteiger partial charge >= 0.3 is 0 Å². The van der Waals surface area contributed by atoms with Gasteiger partial charge in [0.15, 0.2) is 0 Å². The van der Waals surface area contributed by atoms with Gasteiger partial charge in [0.1, 0.15) is 0 Å². The summed E-state index contributed by atoms with van der Waals surface area (Å²) >= 11 is 0. The molecule has 0 amide bonds. The minimum absolute atomic E-state index is 1.13. The summed E-state index contributed by atoms with van der Waals surface area (Å²) in [6.45, 7) is 11.9. The Labute approximate surface area is 126 Å². The molecule has 0 radical (unpaired) electrons. The first kappa shape index (κ1) is 14.9. The Balaban J connectivity index is 3.04. The van der Waals surface area contributed by atoms with Gasteiger partial charge in [0.25, 0.3) is 0 Å². The highest BCUT2D eigenvalue weighted by Crippen LogP contribution is 2.14. The number of allylic oxidation sites excluding steroid dienone is 2. The first-order valence-electron chi connectivity index (χ1n) is 7.12. The van der Waals surface area contributed by atoms with E-state index in [1.165, 1.54) is 5.22 Å². The summed E-state index contributed by atoms with van der Waals surface area (Å²) in [5.41, 5.74) is 3.42. The molecule has 0 spiro atoms. The lowest BCUT2D eigenvalue weighted by molar-refractivity contribution is 1.01. The van der Waals surface area contributed by atoms with Crippen LogP contribution in [0, 0.1) is 0 Å². The van der Waals surface area contributed by atoms with Crippen molar-refractivity contribution in [1.29, 1.82) is 0 Å². The third kappa shape index (κ3) is 2.68. The summed E-state index contributed by atoms with van der Waals surface area (Å²) in [5.74, 6) is 0. The van der Waals surface area contributed by atoms with Gasteiger partial charge in [0.05, 0.1) is 11.0 Å². The van der Waals surface area contributed by atoms with E-state index in [4.69, 9.17) is 0 Å². The van der Waals surface area contributed by atoms with Crippen molar-refractivity contribution < 1.29 is 0 Å². The second-order valence-electron chi connectivity index (χ2n) is 4.66. The minimum atomic E-state index is 1.13.